The highest BCUT2D eigenvalue weighted by atomic mass is 32.1. The molecule has 3 rings (SSSR count). The molecule has 1 aliphatic carbocycles. The van der Waals surface area contributed by atoms with Crippen LogP contribution in [0.25, 0.3) is 10.2 Å². The Balaban J connectivity index is 1.73. The van der Waals surface area contributed by atoms with Crippen LogP contribution in [0.1, 0.15) is 71.4 Å². The zero-order chi connectivity index (χ0) is 20.0. The molecule has 0 unspecified atom stereocenters. The van der Waals surface area contributed by atoms with Crippen molar-refractivity contribution in [3.63, 3.8) is 0 Å². The van der Waals surface area contributed by atoms with Gasteiger partial charge in [-0.3, -0.25) is 5.41 Å². The molecule has 2 heterocycles. The minimum Gasteiger partial charge on any atom is -0.402 e. The lowest BCUT2D eigenvalue weighted by atomic mass is 9.75. The van der Waals surface area contributed by atoms with Crippen molar-refractivity contribution in [1.29, 1.82) is 5.41 Å². The summed E-state index contributed by atoms with van der Waals surface area (Å²) in [6, 6.07) is 4.77. The summed E-state index contributed by atoms with van der Waals surface area (Å²) in [7, 11) is 0. The molecule has 0 amide bonds. The van der Waals surface area contributed by atoms with E-state index in [-0.39, 0.29) is 10.8 Å². The molecule has 2 aromatic heterocycles. The van der Waals surface area contributed by atoms with Crippen LogP contribution in [0.4, 0.5) is 0 Å². The summed E-state index contributed by atoms with van der Waals surface area (Å²) in [5.74, 6) is 0. The van der Waals surface area contributed by atoms with E-state index >= 15 is 0 Å². The predicted octanol–water partition coefficient (Wildman–Crippen LogP) is 5.54. The average Bonchev–Trinajstić information content (AvgIpc) is 3.08. The molecule has 1 atom stereocenters. The monoisotopic (exact) mass is 386 g/mol. The summed E-state index contributed by atoms with van der Waals surface area (Å²) in [6.45, 7) is 14.4. The smallest absolute Gasteiger partial charge is 0.0824 e. The number of allylic oxidation sites excluding steroid dienone is 2. The largest absolute Gasteiger partial charge is 0.402 e. The number of thiophene rings is 1. The maximum atomic E-state index is 8.64. The van der Waals surface area contributed by atoms with Crippen molar-refractivity contribution in [1.82, 2.24) is 10.3 Å². The zero-order valence-electron chi connectivity index (χ0n) is 17.5. The summed E-state index contributed by atoms with van der Waals surface area (Å²) in [4.78, 5) is 4.76. The number of nitrogens with two attached hydrogens (primary N) is 1. The molecule has 4 nitrogen and oxygen atoms in total. The average molecular weight is 387 g/mol. The molecule has 0 aromatic carbocycles. The molecule has 0 spiro atoms. The Labute approximate surface area is 167 Å². The standard InChI is InChI=1S/C22H34N4S/c1-13(21(2,3)4)25-12-14-9-17-19(27-14)10-18(26-17)20(24)15-7-8-22(5,6)11-16(15)23/h9-10,13,24-26H,7-8,11-12,23H2,1-6H3/t13-/m0/s1. The summed E-state index contributed by atoms with van der Waals surface area (Å²) >= 11 is 1.80. The van der Waals surface area contributed by atoms with E-state index in [0.717, 1.165) is 48.3 Å². The third-order valence-corrected chi connectivity index (χ3v) is 7.00. The van der Waals surface area contributed by atoms with Crippen molar-refractivity contribution in [2.75, 3.05) is 0 Å². The number of nitrogens with one attached hydrogen (secondary N) is 3. The van der Waals surface area contributed by atoms with E-state index in [2.05, 4.69) is 64.0 Å². The van der Waals surface area contributed by atoms with Gasteiger partial charge < -0.3 is 16.0 Å². The summed E-state index contributed by atoms with van der Waals surface area (Å²) < 4.78 is 1.21. The number of H-pyrrole nitrogens is 1. The van der Waals surface area contributed by atoms with Crippen molar-refractivity contribution >= 4 is 27.3 Å². The van der Waals surface area contributed by atoms with Crippen molar-refractivity contribution in [3.05, 3.63) is 34.0 Å². The topological polar surface area (TPSA) is 77.7 Å². The minimum absolute atomic E-state index is 0.246. The molecule has 27 heavy (non-hydrogen) atoms. The van der Waals surface area contributed by atoms with E-state index in [9.17, 15) is 0 Å². The molecule has 0 radical (unpaired) electrons. The van der Waals surface area contributed by atoms with E-state index in [1.165, 1.54) is 9.58 Å². The van der Waals surface area contributed by atoms with Crippen molar-refractivity contribution in [2.24, 2.45) is 16.6 Å². The molecule has 0 saturated carbocycles. The molecule has 148 valence electrons. The first-order valence-electron chi connectivity index (χ1n) is 9.88. The second-order valence-electron chi connectivity index (χ2n) is 9.86. The zero-order valence-corrected chi connectivity index (χ0v) is 18.4. The molecule has 0 fully saturated rings. The summed E-state index contributed by atoms with van der Waals surface area (Å²) in [5.41, 5.74) is 11.3. The number of fused-ring (bicyclic) bond motifs is 1. The van der Waals surface area contributed by atoms with Crippen LogP contribution in [0.2, 0.25) is 0 Å². The van der Waals surface area contributed by atoms with E-state index < -0.39 is 0 Å². The van der Waals surface area contributed by atoms with Gasteiger partial charge in [0.05, 0.1) is 21.6 Å². The number of rotatable bonds is 5. The van der Waals surface area contributed by atoms with Gasteiger partial charge in [0, 0.05) is 23.2 Å². The van der Waals surface area contributed by atoms with Gasteiger partial charge in [0.2, 0.25) is 0 Å². The molecule has 0 bridgehead atoms. The van der Waals surface area contributed by atoms with Crippen molar-refractivity contribution in [3.8, 4) is 0 Å². The first kappa shape index (κ1) is 20.2. The van der Waals surface area contributed by atoms with Crippen molar-refractivity contribution in [2.45, 2.75) is 73.4 Å². The van der Waals surface area contributed by atoms with E-state index in [1.807, 2.05) is 0 Å². The Morgan fingerprint density at radius 2 is 2.07 bits per heavy atom. The lowest BCUT2D eigenvalue weighted by molar-refractivity contribution is 0.286. The second-order valence-corrected chi connectivity index (χ2v) is 11.0. The van der Waals surface area contributed by atoms with Crippen LogP contribution in [0.15, 0.2) is 23.4 Å². The maximum Gasteiger partial charge on any atom is 0.0824 e. The van der Waals surface area contributed by atoms with Gasteiger partial charge in [-0.1, -0.05) is 34.6 Å². The van der Waals surface area contributed by atoms with Crippen LogP contribution in [-0.4, -0.2) is 16.7 Å². The van der Waals surface area contributed by atoms with Gasteiger partial charge in [0.15, 0.2) is 0 Å². The SMILES string of the molecule is C[C@H](NCc1cc2[nH]c(C(=N)C3=C(N)CC(C)(C)CC3)cc2s1)C(C)(C)C. The maximum absolute atomic E-state index is 8.64. The van der Waals surface area contributed by atoms with Crippen LogP contribution < -0.4 is 11.1 Å². The first-order valence-corrected chi connectivity index (χ1v) is 10.7. The van der Waals surface area contributed by atoms with Gasteiger partial charge in [-0.25, -0.2) is 0 Å². The van der Waals surface area contributed by atoms with Crippen LogP contribution >= 0.6 is 11.3 Å². The van der Waals surface area contributed by atoms with Crippen LogP contribution in [0, 0.1) is 16.2 Å². The second kappa shape index (κ2) is 7.10. The highest BCUT2D eigenvalue weighted by Gasteiger charge is 2.28. The van der Waals surface area contributed by atoms with Gasteiger partial charge in [-0.05, 0) is 54.7 Å². The molecule has 2 aromatic rings. The van der Waals surface area contributed by atoms with E-state index in [0.29, 0.717) is 11.8 Å². The summed E-state index contributed by atoms with van der Waals surface area (Å²) in [6.07, 6.45) is 2.86. The fraction of sp³-hybridized carbons (Fsp3) is 0.591. The fourth-order valence-electron chi connectivity index (χ4n) is 3.54. The lowest BCUT2D eigenvalue weighted by Crippen LogP contribution is -2.36. The van der Waals surface area contributed by atoms with Crippen LogP contribution in [0.5, 0.6) is 0 Å². The third kappa shape index (κ3) is 4.46. The van der Waals surface area contributed by atoms with Gasteiger partial charge in [-0.15, -0.1) is 11.3 Å². The van der Waals surface area contributed by atoms with Gasteiger partial charge >= 0.3 is 0 Å². The molecule has 0 aliphatic heterocycles. The molecular weight excluding hydrogens is 352 g/mol. The highest BCUT2D eigenvalue weighted by molar-refractivity contribution is 7.19. The number of aromatic nitrogens is 1. The quantitative estimate of drug-likeness (QED) is 0.509. The Kier molecular flexibility index (Phi) is 5.30. The Hall–Kier alpha value is -1.59. The molecule has 5 N–H and O–H groups in total. The molecular formula is C22H34N4S. The van der Waals surface area contributed by atoms with Gasteiger partial charge in [0.1, 0.15) is 0 Å². The molecule has 0 saturated heterocycles. The van der Waals surface area contributed by atoms with Gasteiger partial charge in [0.25, 0.3) is 0 Å². The number of hydrogen-bond donors (Lipinski definition) is 4. The van der Waals surface area contributed by atoms with Gasteiger partial charge in [-0.2, -0.15) is 0 Å². The van der Waals surface area contributed by atoms with Crippen LogP contribution in [0.3, 0.4) is 0 Å². The predicted molar refractivity (Wildman–Crippen MR) is 118 cm³/mol. The summed E-state index contributed by atoms with van der Waals surface area (Å²) in [5, 5.41) is 12.3. The fourth-order valence-corrected chi connectivity index (χ4v) is 4.55. The van der Waals surface area contributed by atoms with Crippen molar-refractivity contribution < 1.29 is 0 Å². The number of hydrogen-bond acceptors (Lipinski definition) is 4. The first-order chi connectivity index (χ1) is 12.5. The van der Waals surface area contributed by atoms with E-state index in [4.69, 9.17) is 11.1 Å². The molecule has 1 aliphatic rings. The van der Waals surface area contributed by atoms with Crippen LogP contribution in [-0.2, 0) is 6.54 Å². The number of aromatic amines is 1. The Morgan fingerprint density at radius 1 is 1.37 bits per heavy atom. The Morgan fingerprint density at radius 3 is 2.67 bits per heavy atom. The lowest BCUT2D eigenvalue weighted by Gasteiger charge is -2.31. The Bertz CT molecular complexity index is 844. The highest BCUT2D eigenvalue weighted by Crippen LogP contribution is 2.38. The normalized spacial score (nSPS) is 18.9. The van der Waals surface area contributed by atoms with E-state index in [1.54, 1.807) is 11.3 Å². The minimum atomic E-state index is 0.246. The third-order valence-electron chi connectivity index (χ3n) is 5.92. The molecule has 5 heteroatoms.